The van der Waals surface area contributed by atoms with Crippen LogP contribution >= 0.6 is 0 Å². The van der Waals surface area contributed by atoms with Crippen molar-refractivity contribution < 1.29 is 68.2 Å². The molecule has 0 aromatic heterocycles. The fraction of sp³-hybridized carbons (Fsp3) is 0.447. The van der Waals surface area contributed by atoms with E-state index in [0.717, 1.165) is 18.2 Å². The molecule has 1 aliphatic heterocycles. The maximum atomic E-state index is 13.4. The molecule has 3 unspecified atom stereocenters. The minimum atomic E-state index is -1.32. The Morgan fingerprint density at radius 2 is 1.38 bits per heavy atom. The van der Waals surface area contributed by atoms with Crippen LogP contribution in [0.2, 0.25) is 0 Å². The number of hydrogen-bond acceptors (Lipinski definition) is 18. The number of phenols is 5. The van der Waals surface area contributed by atoms with Crippen LogP contribution in [0.4, 0.5) is 0 Å². The maximum absolute atomic E-state index is 13.4. The number of phenolic OH excluding ortho intramolecular Hbond substituents is 5. The molecule has 9 N–H and O–H groups in total. The number of ether oxygens (including phenoxy) is 8. The Labute approximate surface area is 323 Å². The number of nitrogens with zero attached hydrogens (tertiary/aromatic N) is 1. The zero-order chi connectivity index (χ0) is 40.1. The number of carbonyl (C=O) groups excluding carboxylic acids is 1. The van der Waals surface area contributed by atoms with Gasteiger partial charge in [0.1, 0.15) is 23.4 Å². The van der Waals surface area contributed by atoms with Crippen LogP contribution < -0.4 is 15.8 Å². The summed E-state index contributed by atoms with van der Waals surface area (Å²) in [5.74, 6) is -3.58. The SMILES string of the molecule is N=N/C(=C\NCCOC1c2c(O)cc(O)cc2OC(c2cc(O)c(O)c(O)c2)C1OC(=O)c1ccccc1)CCOCCOCCOCCOCCOCCN. The maximum Gasteiger partial charge on any atom is 0.338 e. The summed E-state index contributed by atoms with van der Waals surface area (Å²) in [6.45, 7) is 4.88. The topological polar surface area (TPSA) is 266 Å². The van der Waals surface area contributed by atoms with E-state index in [1.54, 1.807) is 30.3 Å². The second-order valence-electron chi connectivity index (χ2n) is 12.2. The molecule has 0 saturated carbocycles. The highest BCUT2D eigenvalue weighted by Crippen LogP contribution is 2.51. The van der Waals surface area contributed by atoms with Crippen LogP contribution in [0, 0.1) is 5.53 Å². The largest absolute Gasteiger partial charge is 0.508 e. The second kappa shape index (κ2) is 23.7. The lowest BCUT2D eigenvalue weighted by Gasteiger charge is -2.39. The molecule has 4 rings (SSSR count). The first kappa shape index (κ1) is 43.5. The average molecular weight is 787 g/mol. The molecule has 18 heteroatoms. The molecule has 3 atom stereocenters. The molecule has 0 fully saturated rings. The van der Waals surface area contributed by atoms with Gasteiger partial charge in [-0.2, -0.15) is 5.11 Å². The molecule has 0 amide bonds. The summed E-state index contributed by atoms with van der Waals surface area (Å²) >= 11 is 0. The van der Waals surface area contributed by atoms with Crippen LogP contribution in [0.25, 0.3) is 0 Å². The minimum absolute atomic E-state index is 0.0133. The molecule has 1 heterocycles. The smallest absolute Gasteiger partial charge is 0.338 e. The van der Waals surface area contributed by atoms with E-state index in [1.807, 2.05) is 0 Å². The Hall–Kier alpha value is -5.21. The number of hydrogen-bond donors (Lipinski definition) is 8. The van der Waals surface area contributed by atoms with Crippen LogP contribution in [0.3, 0.4) is 0 Å². The molecule has 0 radical (unpaired) electrons. The number of fused-ring (bicyclic) bond motifs is 1. The first-order valence-electron chi connectivity index (χ1n) is 18.0. The highest BCUT2D eigenvalue weighted by atomic mass is 16.6. The van der Waals surface area contributed by atoms with Gasteiger partial charge in [-0.3, -0.25) is 0 Å². The molecule has 3 aromatic rings. The van der Waals surface area contributed by atoms with Gasteiger partial charge in [-0.15, -0.1) is 0 Å². The van der Waals surface area contributed by atoms with Crippen LogP contribution in [0.15, 0.2) is 71.6 Å². The van der Waals surface area contributed by atoms with E-state index >= 15 is 0 Å². The molecule has 0 saturated heterocycles. The van der Waals surface area contributed by atoms with Crippen molar-refractivity contribution in [2.45, 2.75) is 24.7 Å². The van der Waals surface area contributed by atoms with E-state index in [4.69, 9.17) is 49.2 Å². The minimum Gasteiger partial charge on any atom is -0.508 e. The van der Waals surface area contributed by atoms with Crippen LogP contribution in [0.1, 0.15) is 40.1 Å². The summed E-state index contributed by atoms with van der Waals surface area (Å²) in [6.07, 6.45) is -1.91. The Bertz CT molecular complexity index is 1670. The number of esters is 1. The lowest BCUT2D eigenvalue weighted by molar-refractivity contribution is -0.109. The number of rotatable bonds is 26. The third-order valence-electron chi connectivity index (χ3n) is 8.12. The van der Waals surface area contributed by atoms with E-state index in [9.17, 15) is 30.3 Å². The summed E-state index contributed by atoms with van der Waals surface area (Å²) in [7, 11) is 0. The zero-order valence-electron chi connectivity index (χ0n) is 30.8. The first-order valence-corrected chi connectivity index (χ1v) is 18.0. The number of nitrogens with one attached hydrogen (secondary N) is 2. The molecule has 3 aromatic carbocycles. The third kappa shape index (κ3) is 13.5. The summed E-state index contributed by atoms with van der Waals surface area (Å²) in [6, 6.07) is 12.7. The van der Waals surface area contributed by atoms with Crippen LogP contribution in [-0.2, 0) is 33.2 Å². The van der Waals surface area contributed by atoms with Gasteiger partial charge in [-0.05, 0) is 24.3 Å². The van der Waals surface area contributed by atoms with Gasteiger partial charge < -0.3 is 74.5 Å². The summed E-state index contributed by atoms with van der Waals surface area (Å²) in [4.78, 5) is 13.4. The highest BCUT2D eigenvalue weighted by molar-refractivity contribution is 5.89. The predicted octanol–water partition coefficient (Wildman–Crippen LogP) is 3.53. The molecular formula is C38H50N4O14. The fourth-order valence-electron chi connectivity index (χ4n) is 5.46. The van der Waals surface area contributed by atoms with Crippen LogP contribution in [-0.4, -0.2) is 123 Å². The number of nitrogens with two attached hydrogens (primary N) is 1. The van der Waals surface area contributed by atoms with Crippen molar-refractivity contribution in [3.63, 3.8) is 0 Å². The summed E-state index contributed by atoms with van der Waals surface area (Å²) in [5.41, 5.74) is 13.7. The van der Waals surface area contributed by atoms with Crippen molar-refractivity contribution in [3.05, 3.63) is 83.2 Å². The average Bonchev–Trinajstić information content (AvgIpc) is 3.19. The molecule has 0 spiro atoms. The highest BCUT2D eigenvalue weighted by Gasteiger charge is 2.45. The standard InChI is InChI=1S/C38H50N4O14/c39-7-10-50-13-15-52-17-19-53-18-16-51-14-12-49-9-6-27(42-40)24-41-8-11-54-36-33-29(44)22-28(43)23-32(33)55-35(26-20-30(45)34(47)31(46)21-26)37(36)56-38(48)25-4-2-1-3-5-25/h1-5,20-24,35-37,40-41,43-47H,6-19,39H2/b27-24-,42-40?. The molecule has 0 aliphatic carbocycles. The molecule has 18 nitrogen and oxygen atoms in total. The van der Waals surface area contributed by atoms with Crippen LogP contribution in [0.5, 0.6) is 34.5 Å². The molecule has 1 aliphatic rings. The fourth-order valence-corrected chi connectivity index (χ4v) is 5.46. The third-order valence-corrected chi connectivity index (χ3v) is 8.12. The number of benzene rings is 3. The molecule has 0 bridgehead atoms. The van der Waals surface area contributed by atoms with Gasteiger partial charge in [-0.25, -0.2) is 10.3 Å². The quantitative estimate of drug-likeness (QED) is 0.0250. The Balaban J connectivity index is 1.29. The van der Waals surface area contributed by atoms with Crippen molar-refractivity contribution in [1.82, 2.24) is 5.32 Å². The Kier molecular flexibility index (Phi) is 18.4. The second-order valence-corrected chi connectivity index (χ2v) is 12.2. The van der Waals surface area contributed by atoms with Crippen molar-refractivity contribution in [2.24, 2.45) is 10.8 Å². The lowest BCUT2D eigenvalue weighted by Crippen LogP contribution is -2.40. The van der Waals surface area contributed by atoms with Gasteiger partial charge in [0.05, 0.1) is 89.5 Å². The lowest BCUT2D eigenvalue weighted by atomic mass is 9.90. The zero-order valence-corrected chi connectivity index (χ0v) is 30.8. The number of aromatic hydroxyl groups is 5. The molecular weight excluding hydrogens is 736 g/mol. The van der Waals surface area contributed by atoms with Gasteiger partial charge in [0.2, 0.25) is 0 Å². The van der Waals surface area contributed by atoms with Gasteiger partial charge in [0.25, 0.3) is 0 Å². The van der Waals surface area contributed by atoms with Crippen molar-refractivity contribution in [2.75, 3.05) is 85.8 Å². The van der Waals surface area contributed by atoms with E-state index in [0.29, 0.717) is 84.7 Å². The van der Waals surface area contributed by atoms with E-state index in [-0.39, 0.29) is 41.3 Å². The summed E-state index contributed by atoms with van der Waals surface area (Å²) < 4.78 is 45.4. The Morgan fingerprint density at radius 3 is 1.96 bits per heavy atom. The predicted molar refractivity (Wildman–Crippen MR) is 198 cm³/mol. The van der Waals surface area contributed by atoms with Crippen molar-refractivity contribution in [1.29, 1.82) is 5.53 Å². The molecule has 306 valence electrons. The molecule has 56 heavy (non-hydrogen) atoms. The van der Waals surface area contributed by atoms with Gasteiger partial charge in [0.15, 0.2) is 29.5 Å². The van der Waals surface area contributed by atoms with Gasteiger partial charge in [-0.1, -0.05) is 18.2 Å². The van der Waals surface area contributed by atoms with Gasteiger partial charge in [0, 0.05) is 43.4 Å². The van der Waals surface area contributed by atoms with Crippen molar-refractivity contribution >= 4 is 5.97 Å². The van der Waals surface area contributed by atoms with Crippen molar-refractivity contribution in [3.8, 4) is 34.5 Å². The number of carbonyl (C=O) groups is 1. The van der Waals surface area contributed by atoms with Gasteiger partial charge >= 0.3 is 5.97 Å². The van der Waals surface area contributed by atoms with E-state index in [1.165, 1.54) is 12.3 Å². The summed E-state index contributed by atoms with van der Waals surface area (Å²) in [5, 5.41) is 58.3. The van der Waals surface area contributed by atoms with E-state index < -0.39 is 47.3 Å². The van der Waals surface area contributed by atoms with E-state index in [2.05, 4.69) is 10.4 Å². The monoisotopic (exact) mass is 786 g/mol. The Morgan fingerprint density at radius 1 is 0.786 bits per heavy atom. The normalized spacial score (nSPS) is 16.5. The first-order chi connectivity index (χ1) is 27.2.